The minimum Gasteiger partial charge on any atom is -0.389 e. The minimum absolute atomic E-state index is 0.0359. The average Bonchev–Trinajstić information content (AvgIpc) is 2.58. The van der Waals surface area contributed by atoms with E-state index in [4.69, 9.17) is 5.26 Å². The minimum atomic E-state index is -0.434. The molecule has 0 aliphatic carbocycles. The molecule has 0 fully saturated rings. The maximum Gasteiger partial charge on any atom is 0.267 e. The number of halogens is 2. The van der Waals surface area contributed by atoms with Crippen molar-refractivity contribution in [2.75, 3.05) is 11.9 Å². The summed E-state index contributed by atoms with van der Waals surface area (Å²) in [6.07, 6.45) is 2.25. The van der Waals surface area contributed by atoms with Crippen LogP contribution in [0.2, 0.25) is 0 Å². The Labute approximate surface area is 157 Å². The molecule has 0 heterocycles. The summed E-state index contributed by atoms with van der Waals surface area (Å²) >= 11 is 6.72. The Balaban J connectivity index is 1.86. The largest absolute Gasteiger partial charge is 0.389 e. The van der Waals surface area contributed by atoms with Crippen molar-refractivity contribution < 1.29 is 4.79 Å². The maximum absolute atomic E-state index is 12.1. The molecule has 0 radical (unpaired) electrons. The molecular formula is C18H15Br2N3O. The SMILES string of the molecule is N#C/C(=C/NCCc1ccc(Br)cc1)C(=O)Nc1ccc(Br)cc1. The van der Waals surface area contributed by atoms with E-state index < -0.39 is 5.91 Å². The summed E-state index contributed by atoms with van der Waals surface area (Å²) in [6.45, 7) is 0.637. The molecule has 6 heteroatoms. The second kappa shape index (κ2) is 9.26. The van der Waals surface area contributed by atoms with Crippen LogP contribution in [-0.2, 0) is 11.2 Å². The highest BCUT2D eigenvalue weighted by atomic mass is 79.9. The fraction of sp³-hybridized carbons (Fsp3) is 0.111. The van der Waals surface area contributed by atoms with Gasteiger partial charge in [0.15, 0.2) is 0 Å². The molecule has 2 rings (SSSR count). The molecule has 0 aromatic heterocycles. The van der Waals surface area contributed by atoms with Crippen LogP contribution in [-0.4, -0.2) is 12.5 Å². The topological polar surface area (TPSA) is 64.9 Å². The second-order valence-corrected chi connectivity index (χ2v) is 6.79. The lowest BCUT2D eigenvalue weighted by Gasteiger charge is -2.05. The number of benzene rings is 2. The molecular weight excluding hydrogens is 434 g/mol. The Morgan fingerprint density at radius 2 is 1.62 bits per heavy atom. The molecule has 0 saturated carbocycles. The third-order valence-electron chi connectivity index (χ3n) is 3.18. The molecule has 4 nitrogen and oxygen atoms in total. The van der Waals surface area contributed by atoms with Gasteiger partial charge in [-0.1, -0.05) is 44.0 Å². The summed E-state index contributed by atoms with van der Waals surface area (Å²) in [5.41, 5.74) is 1.85. The van der Waals surface area contributed by atoms with Crippen LogP contribution in [0.15, 0.2) is 69.2 Å². The number of nitriles is 1. The number of nitrogens with one attached hydrogen (secondary N) is 2. The van der Waals surface area contributed by atoms with E-state index in [0.717, 1.165) is 15.4 Å². The first-order valence-corrected chi connectivity index (χ1v) is 8.82. The molecule has 0 saturated heterocycles. The van der Waals surface area contributed by atoms with Crippen molar-refractivity contribution in [2.45, 2.75) is 6.42 Å². The Hall–Kier alpha value is -2.10. The standard InChI is InChI=1S/C18H15Br2N3O/c19-15-3-1-13(2-4-15)9-10-22-12-14(11-21)18(24)23-17-7-5-16(20)6-8-17/h1-8,12,22H,9-10H2,(H,23,24)/b14-12-. The van der Waals surface area contributed by atoms with E-state index in [-0.39, 0.29) is 5.57 Å². The zero-order valence-corrected chi connectivity index (χ0v) is 15.9. The molecule has 122 valence electrons. The maximum atomic E-state index is 12.1. The normalized spacial score (nSPS) is 10.8. The van der Waals surface area contributed by atoms with Crippen molar-refractivity contribution >= 4 is 43.5 Å². The lowest BCUT2D eigenvalue weighted by Crippen LogP contribution is -2.17. The molecule has 0 spiro atoms. The number of amides is 1. The number of carbonyl (C=O) groups excluding carboxylic acids is 1. The van der Waals surface area contributed by atoms with Crippen molar-refractivity contribution in [1.29, 1.82) is 5.26 Å². The van der Waals surface area contributed by atoms with Crippen LogP contribution in [0.3, 0.4) is 0 Å². The van der Waals surface area contributed by atoms with Gasteiger partial charge in [0.2, 0.25) is 0 Å². The van der Waals surface area contributed by atoms with Gasteiger partial charge in [0.05, 0.1) is 0 Å². The lowest BCUT2D eigenvalue weighted by atomic mass is 10.1. The summed E-state index contributed by atoms with van der Waals surface area (Å²) in [5, 5.41) is 14.8. The second-order valence-electron chi connectivity index (χ2n) is 4.96. The number of hydrogen-bond acceptors (Lipinski definition) is 3. The van der Waals surface area contributed by atoms with Crippen LogP contribution in [0.25, 0.3) is 0 Å². The first-order chi connectivity index (χ1) is 11.6. The van der Waals surface area contributed by atoms with Gasteiger partial charge in [0.25, 0.3) is 5.91 Å². The van der Waals surface area contributed by atoms with E-state index in [2.05, 4.69) is 42.5 Å². The molecule has 1 amide bonds. The first-order valence-electron chi connectivity index (χ1n) is 7.23. The van der Waals surface area contributed by atoms with E-state index in [0.29, 0.717) is 12.2 Å². The highest BCUT2D eigenvalue weighted by Crippen LogP contribution is 2.14. The van der Waals surface area contributed by atoms with Crippen molar-refractivity contribution in [3.63, 3.8) is 0 Å². The van der Waals surface area contributed by atoms with Gasteiger partial charge in [-0.2, -0.15) is 5.26 Å². The highest BCUT2D eigenvalue weighted by Gasteiger charge is 2.08. The van der Waals surface area contributed by atoms with Crippen LogP contribution in [0, 0.1) is 11.3 Å². The molecule has 0 aliphatic rings. The van der Waals surface area contributed by atoms with E-state index in [9.17, 15) is 4.79 Å². The van der Waals surface area contributed by atoms with Gasteiger partial charge in [-0.15, -0.1) is 0 Å². The number of carbonyl (C=O) groups is 1. The summed E-state index contributed by atoms with van der Waals surface area (Å²) in [7, 11) is 0. The smallest absolute Gasteiger partial charge is 0.267 e. The summed E-state index contributed by atoms with van der Waals surface area (Å²) in [6, 6.07) is 17.1. The Kier molecular flexibility index (Phi) is 7.04. The predicted molar refractivity (Wildman–Crippen MR) is 102 cm³/mol. The summed E-state index contributed by atoms with van der Waals surface area (Å²) in [5.74, 6) is -0.434. The molecule has 2 aromatic rings. The van der Waals surface area contributed by atoms with Gasteiger partial charge in [0.1, 0.15) is 11.6 Å². The molecule has 0 unspecified atom stereocenters. The van der Waals surface area contributed by atoms with Crippen LogP contribution in [0.1, 0.15) is 5.56 Å². The van der Waals surface area contributed by atoms with Crippen LogP contribution >= 0.6 is 31.9 Å². The number of hydrogen-bond donors (Lipinski definition) is 2. The van der Waals surface area contributed by atoms with Crippen LogP contribution in [0.4, 0.5) is 5.69 Å². The van der Waals surface area contributed by atoms with E-state index in [1.165, 1.54) is 11.8 Å². The van der Waals surface area contributed by atoms with Gasteiger partial charge in [-0.25, -0.2) is 0 Å². The van der Waals surface area contributed by atoms with Gasteiger partial charge in [0, 0.05) is 27.4 Å². The zero-order chi connectivity index (χ0) is 17.4. The Morgan fingerprint density at radius 1 is 1.04 bits per heavy atom. The van der Waals surface area contributed by atoms with E-state index in [1.807, 2.05) is 42.5 Å². The quantitative estimate of drug-likeness (QED) is 0.391. The molecule has 24 heavy (non-hydrogen) atoms. The predicted octanol–water partition coefficient (Wildman–Crippen LogP) is 4.39. The summed E-state index contributed by atoms with van der Waals surface area (Å²) < 4.78 is 1.96. The highest BCUT2D eigenvalue weighted by molar-refractivity contribution is 9.10. The first kappa shape index (κ1) is 18.2. The van der Waals surface area contributed by atoms with E-state index >= 15 is 0 Å². The molecule has 0 atom stereocenters. The fourth-order valence-electron chi connectivity index (χ4n) is 1.92. The van der Waals surface area contributed by atoms with Gasteiger partial charge >= 0.3 is 0 Å². The molecule has 2 aromatic carbocycles. The van der Waals surface area contributed by atoms with Crippen LogP contribution in [0.5, 0.6) is 0 Å². The Bertz CT molecular complexity index is 762. The van der Waals surface area contributed by atoms with Crippen molar-refractivity contribution in [3.8, 4) is 6.07 Å². The fourth-order valence-corrected chi connectivity index (χ4v) is 2.45. The van der Waals surface area contributed by atoms with Gasteiger partial charge in [-0.3, -0.25) is 4.79 Å². The van der Waals surface area contributed by atoms with Crippen molar-refractivity contribution in [2.24, 2.45) is 0 Å². The molecule has 2 N–H and O–H groups in total. The van der Waals surface area contributed by atoms with Gasteiger partial charge in [-0.05, 0) is 48.4 Å². The summed E-state index contributed by atoms with van der Waals surface area (Å²) in [4.78, 5) is 12.1. The number of rotatable bonds is 6. The zero-order valence-electron chi connectivity index (χ0n) is 12.7. The lowest BCUT2D eigenvalue weighted by molar-refractivity contribution is -0.112. The van der Waals surface area contributed by atoms with E-state index in [1.54, 1.807) is 12.1 Å². The molecule has 0 aliphatic heterocycles. The molecule has 0 bridgehead atoms. The van der Waals surface area contributed by atoms with Gasteiger partial charge < -0.3 is 10.6 Å². The third-order valence-corrected chi connectivity index (χ3v) is 4.24. The Morgan fingerprint density at radius 3 is 2.21 bits per heavy atom. The van der Waals surface area contributed by atoms with Crippen LogP contribution < -0.4 is 10.6 Å². The third kappa shape index (κ3) is 5.84. The van der Waals surface area contributed by atoms with Crippen molar-refractivity contribution in [1.82, 2.24) is 5.32 Å². The van der Waals surface area contributed by atoms with Crippen molar-refractivity contribution in [3.05, 3.63) is 74.8 Å². The monoisotopic (exact) mass is 447 g/mol. The number of anilines is 1. The number of nitrogens with zero attached hydrogens (tertiary/aromatic N) is 1. The average molecular weight is 449 g/mol.